The molecule has 5 rings (SSSR count). The summed E-state index contributed by atoms with van der Waals surface area (Å²) in [5, 5.41) is 14.1. The third-order valence-corrected chi connectivity index (χ3v) is 7.01. The van der Waals surface area contributed by atoms with Crippen LogP contribution < -0.4 is 9.80 Å². The van der Waals surface area contributed by atoms with E-state index < -0.39 is 0 Å². The zero-order valence-corrected chi connectivity index (χ0v) is 19.3. The molecule has 2 aromatic heterocycles. The summed E-state index contributed by atoms with van der Waals surface area (Å²) in [5.74, 6) is 2.40. The molecule has 8 nitrogen and oxygen atoms in total. The number of piperazine rings is 1. The lowest BCUT2D eigenvalue weighted by Gasteiger charge is -2.38. The quantitative estimate of drug-likeness (QED) is 0.622. The van der Waals surface area contributed by atoms with E-state index in [-0.39, 0.29) is 6.61 Å². The van der Waals surface area contributed by atoms with Crippen molar-refractivity contribution in [2.75, 3.05) is 55.7 Å². The van der Waals surface area contributed by atoms with Gasteiger partial charge in [-0.05, 0) is 37.8 Å². The number of anilines is 2. The Kier molecular flexibility index (Phi) is 6.55. The van der Waals surface area contributed by atoms with Crippen LogP contribution in [0.3, 0.4) is 0 Å². The normalized spacial score (nSPS) is 18.1. The molecule has 0 bridgehead atoms. The Morgan fingerprint density at radius 3 is 2.15 bits per heavy atom. The van der Waals surface area contributed by atoms with E-state index in [9.17, 15) is 5.11 Å². The van der Waals surface area contributed by atoms with E-state index >= 15 is 0 Å². The summed E-state index contributed by atoms with van der Waals surface area (Å²) in [6, 6.07) is 10.3. The molecule has 0 aliphatic carbocycles. The molecule has 1 N–H and O–H groups in total. The van der Waals surface area contributed by atoms with Gasteiger partial charge in [0.25, 0.3) is 0 Å². The van der Waals surface area contributed by atoms with Gasteiger partial charge < -0.3 is 14.9 Å². The maximum absolute atomic E-state index is 9.45. The molecule has 0 saturated carbocycles. The topological polar surface area (TPSA) is 73.6 Å². The number of piperidine rings is 1. The van der Waals surface area contributed by atoms with E-state index in [4.69, 9.17) is 9.97 Å². The highest BCUT2D eigenvalue weighted by Crippen LogP contribution is 2.29. The zero-order chi connectivity index (χ0) is 22.6. The van der Waals surface area contributed by atoms with Crippen LogP contribution in [0.2, 0.25) is 0 Å². The summed E-state index contributed by atoms with van der Waals surface area (Å²) >= 11 is 0. The fourth-order valence-corrected chi connectivity index (χ4v) is 4.88. The standard InChI is InChI=1S/C25H33N7O/c1-20-22(17-28-32(20)23-5-3-2-4-6-23)18-29-13-15-31(16-14-29)25-24(26-9-10-27-25)30-11-7-21(19-33)8-12-30/h2-6,9-10,17,21,33H,7-8,11-16,18-19H2,1H3. The van der Waals surface area contributed by atoms with Gasteiger partial charge in [0, 0.05) is 76.1 Å². The highest BCUT2D eigenvalue weighted by Gasteiger charge is 2.26. The lowest BCUT2D eigenvalue weighted by molar-refractivity contribution is 0.202. The number of hydrogen-bond acceptors (Lipinski definition) is 7. The van der Waals surface area contributed by atoms with Gasteiger partial charge in [-0.25, -0.2) is 14.6 Å². The van der Waals surface area contributed by atoms with Gasteiger partial charge in [0.1, 0.15) is 0 Å². The van der Waals surface area contributed by atoms with E-state index in [1.54, 1.807) is 12.4 Å². The molecule has 33 heavy (non-hydrogen) atoms. The molecule has 2 fully saturated rings. The van der Waals surface area contributed by atoms with E-state index in [1.807, 2.05) is 29.1 Å². The lowest BCUT2D eigenvalue weighted by Crippen LogP contribution is -2.47. The van der Waals surface area contributed by atoms with E-state index in [2.05, 4.69) is 38.9 Å². The molecule has 8 heteroatoms. The summed E-state index contributed by atoms with van der Waals surface area (Å²) < 4.78 is 2.03. The van der Waals surface area contributed by atoms with Gasteiger partial charge in [-0.1, -0.05) is 18.2 Å². The first kappa shape index (κ1) is 21.9. The van der Waals surface area contributed by atoms with Crippen molar-refractivity contribution in [1.82, 2.24) is 24.6 Å². The second-order valence-electron chi connectivity index (χ2n) is 9.08. The first-order valence-corrected chi connectivity index (χ1v) is 12.0. The number of aliphatic hydroxyl groups excluding tert-OH is 1. The molecule has 0 spiro atoms. The van der Waals surface area contributed by atoms with Gasteiger partial charge in [0.2, 0.25) is 0 Å². The van der Waals surface area contributed by atoms with Crippen molar-refractivity contribution in [3.05, 3.63) is 60.2 Å². The van der Waals surface area contributed by atoms with Gasteiger partial charge >= 0.3 is 0 Å². The molecule has 2 saturated heterocycles. The molecule has 174 valence electrons. The number of aliphatic hydroxyl groups is 1. The minimum absolute atomic E-state index is 0.285. The SMILES string of the molecule is Cc1c(CN2CCN(c3nccnc3N3CCC(CO)CC3)CC2)cnn1-c1ccccc1. The number of nitrogens with zero attached hydrogens (tertiary/aromatic N) is 7. The van der Waals surface area contributed by atoms with Gasteiger partial charge in [-0.3, -0.25) is 4.90 Å². The van der Waals surface area contributed by atoms with Crippen LogP contribution >= 0.6 is 0 Å². The van der Waals surface area contributed by atoms with Crippen LogP contribution in [0, 0.1) is 12.8 Å². The molecule has 2 aliphatic rings. The van der Waals surface area contributed by atoms with Crippen molar-refractivity contribution in [2.24, 2.45) is 5.92 Å². The minimum atomic E-state index is 0.285. The Morgan fingerprint density at radius 1 is 0.879 bits per heavy atom. The predicted octanol–water partition coefficient (Wildman–Crippen LogP) is 2.50. The molecule has 4 heterocycles. The van der Waals surface area contributed by atoms with Crippen molar-refractivity contribution in [1.29, 1.82) is 0 Å². The van der Waals surface area contributed by atoms with E-state index in [1.165, 1.54) is 11.3 Å². The van der Waals surface area contributed by atoms with Crippen LogP contribution in [0.1, 0.15) is 24.1 Å². The van der Waals surface area contributed by atoms with Crippen molar-refractivity contribution >= 4 is 11.6 Å². The number of hydrogen-bond donors (Lipinski definition) is 1. The van der Waals surface area contributed by atoms with Crippen LogP contribution in [0.5, 0.6) is 0 Å². The number of aromatic nitrogens is 4. The summed E-state index contributed by atoms with van der Waals surface area (Å²) in [6.45, 7) is 9.05. The fourth-order valence-electron chi connectivity index (χ4n) is 4.88. The van der Waals surface area contributed by atoms with E-state index in [0.717, 1.165) is 76.0 Å². The zero-order valence-electron chi connectivity index (χ0n) is 19.3. The highest BCUT2D eigenvalue weighted by molar-refractivity contribution is 5.62. The molecule has 0 radical (unpaired) electrons. The van der Waals surface area contributed by atoms with Crippen LogP contribution in [0.4, 0.5) is 11.6 Å². The Morgan fingerprint density at radius 2 is 1.52 bits per heavy atom. The van der Waals surface area contributed by atoms with Gasteiger partial charge in [-0.15, -0.1) is 0 Å². The van der Waals surface area contributed by atoms with Gasteiger partial charge in [0.15, 0.2) is 11.6 Å². The largest absolute Gasteiger partial charge is 0.396 e. The molecule has 0 unspecified atom stereocenters. The third-order valence-electron chi connectivity index (χ3n) is 7.01. The summed E-state index contributed by atoms with van der Waals surface area (Å²) in [7, 11) is 0. The number of benzene rings is 1. The maximum Gasteiger partial charge on any atom is 0.172 e. The fraction of sp³-hybridized carbons (Fsp3) is 0.480. The maximum atomic E-state index is 9.45. The Hall–Kier alpha value is -2.97. The smallest absolute Gasteiger partial charge is 0.172 e. The first-order valence-electron chi connectivity index (χ1n) is 12.0. The summed E-state index contributed by atoms with van der Waals surface area (Å²) in [5.41, 5.74) is 3.58. The average Bonchev–Trinajstić information content (AvgIpc) is 3.25. The first-order chi connectivity index (χ1) is 16.2. The molecular weight excluding hydrogens is 414 g/mol. The highest BCUT2D eigenvalue weighted by atomic mass is 16.3. The predicted molar refractivity (Wildman–Crippen MR) is 130 cm³/mol. The molecule has 1 aromatic carbocycles. The Bertz CT molecular complexity index is 1040. The minimum Gasteiger partial charge on any atom is -0.396 e. The second-order valence-corrected chi connectivity index (χ2v) is 9.08. The molecule has 0 amide bonds. The monoisotopic (exact) mass is 447 g/mol. The summed E-state index contributed by atoms with van der Waals surface area (Å²) in [4.78, 5) is 16.6. The Balaban J connectivity index is 1.22. The average molecular weight is 448 g/mol. The van der Waals surface area contributed by atoms with Crippen molar-refractivity contribution in [3.63, 3.8) is 0 Å². The van der Waals surface area contributed by atoms with Gasteiger partial charge in [0.05, 0.1) is 11.9 Å². The van der Waals surface area contributed by atoms with E-state index in [0.29, 0.717) is 5.92 Å². The number of para-hydroxylation sites is 1. The van der Waals surface area contributed by atoms with Crippen LogP contribution in [-0.4, -0.2) is 75.6 Å². The Labute approximate surface area is 195 Å². The lowest BCUT2D eigenvalue weighted by atomic mass is 9.98. The van der Waals surface area contributed by atoms with Crippen LogP contribution in [0.15, 0.2) is 48.9 Å². The second kappa shape index (κ2) is 9.89. The molecule has 2 aliphatic heterocycles. The van der Waals surface area contributed by atoms with Gasteiger partial charge in [-0.2, -0.15) is 5.10 Å². The summed E-state index contributed by atoms with van der Waals surface area (Å²) in [6.07, 6.45) is 7.62. The van der Waals surface area contributed by atoms with Crippen molar-refractivity contribution in [2.45, 2.75) is 26.3 Å². The molecule has 0 atom stereocenters. The van der Waals surface area contributed by atoms with Crippen LogP contribution in [0.25, 0.3) is 5.69 Å². The van der Waals surface area contributed by atoms with Crippen molar-refractivity contribution < 1.29 is 5.11 Å². The van der Waals surface area contributed by atoms with Crippen molar-refractivity contribution in [3.8, 4) is 5.69 Å². The molecule has 3 aromatic rings. The molecular formula is C25H33N7O. The number of rotatable bonds is 6. The third kappa shape index (κ3) is 4.72. The van der Waals surface area contributed by atoms with Crippen LogP contribution in [-0.2, 0) is 6.54 Å².